The maximum absolute atomic E-state index is 12.7. The number of ketones is 1. The number of nitrogens with one attached hydrogen (secondary N) is 1. The van der Waals surface area contributed by atoms with Gasteiger partial charge in [-0.25, -0.2) is 0 Å². The number of hydrogen-bond donors (Lipinski definition) is 1. The minimum atomic E-state index is -0.0496. The number of rotatable bonds is 6. The lowest BCUT2D eigenvalue weighted by molar-refractivity contribution is -0.117. The highest BCUT2D eigenvalue weighted by atomic mass is 32.1. The van der Waals surface area contributed by atoms with Crippen molar-refractivity contribution in [2.24, 2.45) is 5.92 Å². The topological polar surface area (TPSA) is 76.4 Å². The maximum Gasteiger partial charge on any atom is 0.239 e. The van der Waals surface area contributed by atoms with Crippen molar-refractivity contribution in [2.45, 2.75) is 39.5 Å². The largest absolute Gasteiger partial charge is 0.369 e. The molecule has 1 unspecified atom stereocenters. The molecular weight excluding hydrogens is 420 g/mol. The van der Waals surface area contributed by atoms with Gasteiger partial charge in [0.1, 0.15) is 11.1 Å². The molecular formula is C25H30N4O2S. The first-order valence-electron chi connectivity index (χ1n) is 11.4. The zero-order chi connectivity index (χ0) is 22.7. The van der Waals surface area contributed by atoms with Gasteiger partial charge in [0.15, 0.2) is 5.78 Å². The van der Waals surface area contributed by atoms with Gasteiger partial charge in [0, 0.05) is 42.3 Å². The first-order valence-corrected chi connectivity index (χ1v) is 12.2. The number of benzene rings is 1. The van der Waals surface area contributed by atoms with E-state index in [1.54, 1.807) is 18.3 Å². The normalized spacial score (nSPS) is 18.7. The summed E-state index contributed by atoms with van der Waals surface area (Å²) in [7, 11) is 0. The minimum Gasteiger partial charge on any atom is -0.369 e. The van der Waals surface area contributed by atoms with Crippen molar-refractivity contribution in [1.29, 1.82) is 5.26 Å². The molecule has 1 fully saturated rings. The second-order valence-corrected chi connectivity index (χ2v) is 9.86. The van der Waals surface area contributed by atoms with Gasteiger partial charge in [-0.05, 0) is 61.9 Å². The molecule has 1 amide bonds. The molecule has 168 valence electrons. The van der Waals surface area contributed by atoms with Crippen molar-refractivity contribution in [3.8, 4) is 6.07 Å². The van der Waals surface area contributed by atoms with Crippen LogP contribution in [0.1, 0.15) is 53.1 Å². The van der Waals surface area contributed by atoms with Gasteiger partial charge in [0.2, 0.25) is 5.91 Å². The van der Waals surface area contributed by atoms with Crippen LogP contribution in [0.4, 0.5) is 10.7 Å². The predicted molar refractivity (Wildman–Crippen MR) is 129 cm³/mol. The minimum absolute atomic E-state index is 0.0496. The Labute approximate surface area is 193 Å². The summed E-state index contributed by atoms with van der Waals surface area (Å²) in [6.07, 6.45) is 4.26. The van der Waals surface area contributed by atoms with Crippen LogP contribution < -0.4 is 10.2 Å². The van der Waals surface area contributed by atoms with E-state index < -0.39 is 0 Å². The first kappa shape index (κ1) is 22.5. The van der Waals surface area contributed by atoms with E-state index in [4.69, 9.17) is 0 Å². The van der Waals surface area contributed by atoms with Crippen molar-refractivity contribution >= 4 is 33.7 Å². The molecule has 2 aliphatic rings. The second-order valence-electron chi connectivity index (χ2n) is 8.75. The lowest BCUT2D eigenvalue weighted by atomic mass is 9.86. The van der Waals surface area contributed by atoms with Crippen LogP contribution in [-0.2, 0) is 17.6 Å². The lowest BCUT2D eigenvalue weighted by Crippen LogP contribution is -2.48. The van der Waals surface area contributed by atoms with Crippen LogP contribution in [0.25, 0.3) is 0 Å². The Morgan fingerprint density at radius 3 is 2.53 bits per heavy atom. The van der Waals surface area contributed by atoms with E-state index in [9.17, 15) is 14.9 Å². The molecule has 7 heteroatoms. The predicted octanol–water partition coefficient (Wildman–Crippen LogP) is 4.10. The van der Waals surface area contributed by atoms with Crippen LogP contribution in [0.2, 0.25) is 0 Å². The molecule has 1 aliphatic carbocycles. The van der Waals surface area contributed by atoms with Gasteiger partial charge in [0.25, 0.3) is 0 Å². The molecule has 6 nitrogen and oxygen atoms in total. The number of piperazine rings is 1. The molecule has 0 bridgehead atoms. The molecule has 2 aromatic rings. The Morgan fingerprint density at radius 2 is 1.91 bits per heavy atom. The Kier molecular flexibility index (Phi) is 6.92. The molecule has 1 aliphatic heterocycles. The summed E-state index contributed by atoms with van der Waals surface area (Å²) in [5.74, 6) is 0.710. The first-order chi connectivity index (χ1) is 15.5. The van der Waals surface area contributed by atoms with E-state index in [2.05, 4.69) is 28.1 Å². The molecule has 4 rings (SSSR count). The number of carbonyl (C=O) groups is 2. The lowest BCUT2D eigenvalue weighted by Gasteiger charge is -2.35. The standard InChI is InChI=1S/C25H30N4O2S/c1-3-18-4-9-21-22(15-26)25(32-23(21)14-18)27-24(31)16-28-10-12-29(13-11-28)20-7-5-19(6-8-20)17(2)30/h5-8,18H,3-4,9-14,16H2,1-2H3,(H,27,31). The molecule has 32 heavy (non-hydrogen) atoms. The van der Waals surface area contributed by atoms with E-state index in [1.165, 1.54) is 4.88 Å². The van der Waals surface area contributed by atoms with Crippen molar-refractivity contribution in [3.05, 3.63) is 45.8 Å². The van der Waals surface area contributed by atoms with Crippen LogP contribution in [0.15, 0.2) is 24.3 Å². The third-order valence-corrected chi connectivity index (χ3v) is 7.86. The number of nitrogens with zero attached hydrogens (tertiary/aromatic N) is 3. The average molecular weight is 451 g/mol. The highest BCUT2D eigenvalue weighted by Gasteiger charge is 2.26. The summed E-state index contributed by atoms with van der Waals surface area (Å²) in [4.78, 5) is 29.9. The number of nitriles is 1. The van der Waals surface area contributed by atoms with Gasteiger partial charge >= 0.3 is 0 Å². The van der Waals surface area contributed by atoms with Crippen LogP contribution >= 0.6 is 11.3 Å². The average Bonchev–Trinajstić information content (AvgIpc) is 3.15. The summed E-state index contributed by atoms with van der Waals surface area (Å²) in [5, 5.41) is 13.4. The SMILES string of the molecule is CCC1CCc2c(sc(NC(=O)CN3CCN(c4ccc(C(C)=O)cc4)CC3)c2C#N)C1. The van der Waals surface area contributed by atoms with E-state index in [-0.39, 0.29) is 11.7 Å². The Bertz CT molecular complexity index is 1030. The quantitative estimate of drug-likeness (QED) is 0.671. The van der Waals surface area contributed by atoms with Crippen molar-refractivity contribution < 1.29 is 9.59 Å². The van der Waals surface area contributed by atoms with Gasteiger partial charge in [0.05, 0.1) is 12.1 Å². The molecule has 1 aromatic carbocycles. The van der Waals surface area contributed by atoms with Crippen LogP contribution in [0.5, 0.6) is 0 Å². The molecule has 0 radical (unpaired) electrons. The Hall–Kier alpha value is -2.69. The van der Waals surface area contributed by atoms with E-state index in [1.807, 2.05) is 24.3 Å². The molecule has 2 heterocycles. The Morgan fingerprint density at radius 1 is 1.19 bits per heavy atom. The van der Waals surface area contributed by atoms with Gasteiger partial charge in [-0.3, -0.25) is 14.5 Å². The monoisotopic (exact) mass is 450 g/mol. The number of thiophene rings is 1. The highest BCUT2D eigenvalue weighted by Crippen LogP contribution is 2.40. The molecule has 1 atom stereocenters. The number of amides is 1. The molecule has 0 saturated carbocycles. The number of Topliss-reactive ketones (excluding diaryl/α,β-unsaturated/α-hetero) is 1. The van der Waals surface area contributed by atoms with Crippen LogP contribution in [-0.4, -0.2) is 49.3 Å². The number of carbonyl (C=O) groups excluding carboxylic acids is 2. The fourth-order valence-corrected chi connectivity index (χ4v) is 5.98. The molecule has 0 spiro atoms. The third-order valence-electron chi connectivity index (χ3n) is 6.69. The van der Waals surface area contributed by atoms with Crippen molar-refractivity contribution in [2.75, 3.05) is 42.9 Å². The highest BCUT2D eigenvalue weighted by molar-refractivity contribution is 7.16. The number of anilines is 2. The van der Waals surface area contributed by atoms with Crippen molar-refractivity contribution in [3.63, 3.8) is 0 Å². The summed E-state index contributed by atoms with van der Waals surface area (Å²) in [6, 6.07) is 10.1. The summed E-state index contributed by atoms with van der Waals surface area (Å²) in [6.45, 7) is 7.40. The van der Waals surface area contributed by atoms with Gasteiger partial charge in [-0.1, -0.05) is 13.3 Å². The summed E-state index contributed by atoms with van der Waals surface area (Å²) >= 11 is 1.59. The van der Waals surface area contributed by atoms with E-state index in [0.29, 0.717) is 18.0 Å². The van der Waals surface area contributed by atoms with Crippen LogP contribution in [0, 0.1) is 17.2 Å². The maximum atomic E-state index is 12.7. The van der Waals surface area contributed by atoms with Gasteiger partial charge in [-0.15, -0.1) is 11.3 Å². The molecule has 1 aromatic heterocycles. The fourth-order valence-electron chi connectivity index (χ4n) is 4.65. The smallest absolute Gasteiger partial charge is 0.239 e. The van der Waals surface area contributed by atoms with E-state index >= 15 is 0 Å². The zero-order valence-electron chi connectivity index (χ0n) is 18.8. The second kappa shape index (κ2) is 9.85. The molecule has 1 saturated heterocycles. The summed E-state index contributed by atoms with van der Waals surface area (Å²) in [5.41, 5.74) is 3.65. The Balaban J connectivity index is 1.32. The number of fused-ring (bicyclic) bond motifs is 1. The molecule has 1 N–H and O–H groups in total. The van der Waals surface area contributed by atoms with Crippen molar-refractivity contribution in [1.82, 2.24) is 4.90 Å². The third kappa shape index (κ3) is 4.87. The van der Waals surface area contributed by atoms with E-state index in [0.717, 1.165) is 73.7 Å². The van der Waals surface area contributed by atoms with Crippen LogP contribution in [0.3, 0.4) is 0 Å². The zero-order valence-corrected chi connectivity index (χ0v) is 19.6. The number of hydrogen-bond acceptors (Lipinski definition) is 6. The summed E-state index contributed by atoms with van der Waals surface area (Å²) < 4.78 is 0. The van der Waals surface area contributed by atoms with Gasteiger partial charge in [-0.2, -0.15) is 5.26 Å². The fraction of sp³-hybridized carbons (Fsp3) is 0.480. The van der Waals surface area contributed by atoms with Gasteiger partial charge < -0.3 is 10.2 Å².